The van der Waals surface area contributed by atoms with Crippen LogP contribution in [0.15, 0.2) is 35.5 Å². The number of rotatable bonds is 3. The minimum absolute atomic E-state index is 0. The maximum atomic E-state index is 11.5. The Balaban J connectivity index is -0.000000154. The summed E-state index contributed by atoms with van der Waals surface area (Å²) in [6, 6.07) is 0. The molecule has 0 aliphatic carbocycles. The zero-order valence-electron chi connectivity index (χ0n) is 29.5. The fourth-order valence-corrected chi connectivity index (χ4v) is 1.67. The van der Waals surface area contributed by atoms with Crippen molar-refractivity contribution in [1.82, 2.24) is 0 Å². The van der Waals surface area contributed by atoms with Gasteiger partial charge in [0.2, 0.25) is 0 Å². The van der Waals surface area contributed by atoms with Gasteiger partial charge in [0.05, 0.1) is 0 Å². The molecule has 0 saturated heterocycles. The van der Waals surface area contributed by atoms with Crippen LogP contribution >= 0.6 is 0 Å². The fraction of sp³-hybridized carbons (Fsp3) is 0.727. The van der Waals surface area contributed by atoms with E-state index in [0.717, 1.165) is 0 Å². The molecule has 8 heteroatoms. The van der Waals surface area contributed by atoms with E-state index in [4.69, 9.17) is 0 Å². The van der Waals surface area contributed by atoms with E-state index in [0.29, 0.717) is 0 Å². The van der Waals surface area contributed by atoms with Crippen LogP contribution in [-0.2, 0) is 14.4 Å². The van der Waals surface area contributed by atoms with Crippen LogP contribution < -0.4 is 0 Å². The molecular formula is C33H60La2O6+6. The largest absolute Gasteiger partial charge is 3.00 e. The molecule has 0 rings (SSSR count). The first kappa shape index (κ1) is 50.6. The summed E-state index contributed by atoms with van der Waals surface area (Å²) >= 11 is 0. The Hall–Kier alpha value is 0.0196. The van der Waals surface area contributed by atoms with Crippen molar-refractivity contribution < 1.29 is 101 Å². The van der Waals surface area contributed by atoms with E-state index < -0.39 is 16.2 Å². The maximum Gasteiger partial charge on any atom is 3.00 e. The van der Waals surface area contributed by atoms with Gasteiger partial charge in [0.15, 0.2) is 17.3 Å². The molecule has 0 saturated carbocycles. The molecule has 228 valence electrons. The molecule has 0 radical (unpaired) electrons. The second kappa shape index (κ2) is 18.7. The van der Waals surface area contributed by atoms with Gasteiger partial charge in [0.1, 0.15) is 17.3 Å². The molecule has 0 bridgehead atoms. The molecule has 41 heavy (non-hydrogen) atoms. The van der Waals surface area contributed by atoms with Crippen molar-refractivity contribution >= 4 is 17.3 Å². The van der Waals surface area contributed by atoms with Gasteiger partial charge in [-0.2, -0.15) is 0 Å². The first-order chi connectivity index (χ1) is 16.6. The van der Waals surface area contributed by atoms with Gasteiger partial charge in [0, 0.05) is 50.7 Å². The Morgan fingerprint density at radius 2 is 0.463 bits per heavy atom. The normalized spacial score (nSPS) is 13.8. The van der Waals surface area contributed by atoms with Crippen molar-refractivity contribution in [2.45, 2.75) is 125 Å². The Morgan fingerprint density at radius 3 is 0.537 bits per heavy atom. The smallest absolute Gasteiger partial charge is 0.512 e. The third kappa shape index (κ3) is 25.1. The van der Waals surface area contributed by atoms with Gasteiger partial charge < -0.3 is 15.3 Å². The predicted octanol–water partition coefficient (Wildman–Crippen LogP) is 9.27. The van der Waals surface area contributed by atoms with E-state index in [9.17, 15) is 29.7 Å². The van der Waals surface area contributed by atoms with Crippen LogP contribution in [-0.4, -0.2) is 32.7 Å². The summed E-state index contributed by atoms with van der Waals surface area (Å²) in [5.74, 6) is 0.312. The van der Waals surface area contributed by atoms with Gasteiger partial charge in [-0.05, 0) is 0 Å². The molecule has 0 heterocycles. The van der Waals surface area contributed by atoms with Crippen molar-refractivity contribution in [1.29, 1.82) is 0 Å². The zero-order valence-corrected chi connectivity index (χ0v) is 36.7. The Bertz CT molecular complexity index is 806. The molecule has 0 aromatic heterocycles. The van der Waals surface area contributed by atoms with Gasteiger partial charge in [-0.1, -0.05) is 125 Å². The molecule has 6 nitrogen and oxygen atoms in total. The van der Waals surface area contributed by atoms with Crippen molar-refractivity contribution in [3.05, 3.63) is 35.5 Å². The van der Waals surface area contributed by atoms with Crippen molar-refractivity contribution in [2.75, 3.05) is 0 Å². The molecule has 0 aliphatic rings. The molecule has 0 amide bonds. The number of carbonyl (C=O) groups is 3. The average Bonchev–Trinajstić information content (AvgIpc) is 2.64. The van der Waals surface area contributed by atoms with Crippen LogP contribution in [0.3, 0.4) is 0 Å². The molecule has 0 spiro atoms. The number of hydrogen-bond donors (Lipinski definition) is 3. The van der Waals surface area contributed by atoms with Crippen LogP contribution in [0.5, 0.6) is 0 Å². The van der Waals surface area contributed by atoms with Crippen LogP contribution in [0.2, 0.25) is 0 Å². The third-order valence-corrected chi connectivity index (χ3v) is 5.33. The Kier molecular flexibility index (Phi) is 23.1. The summed E-state index contributed by atoms with van der Waals surface area (Å²) < 4.78 is 0. The molecule has 0 atom stereocenters. The number of allylic oxidation sites excluding steroid dienone is 6. The SMILES string of the molecule is CC(C)(C)C(=O)C=C(O)C(C)(C)C.CC(C)(C)C(=O)C=C(O)C(C)(C)C.CC(C)(C)C(=O)C=C(O)C(C)(C)C.[La+3].[La+3]. The Labute approximate surface area is 307 Å². The van der Waals surface area contributed by atoms with E-state index in [1.165, 1.54) is 18.2 Å². The molecule has 0 fully saturated rings. The minimum atomic E-state index is -0.417. The van der Waals surface area contributed by atoms with E-state index >= 15 is 0 Å². The standard InChI is InChI=1S/3C11H20O2.2La/c3*1-10(2,3)8(12)7-9(13)11(4,5)6;;/h3*7,12H,1-6H3;;/q;;;2*+3. The number of ketones is 3. The van der Waals surface area contributed by atoms with Gasteiger partial charge >= 0.3 is 71.2 Å². The average molecular weight is 831 g/mol. The number of hydrogen-bond acceptors (Lipinski definition) is 6. The number of carbonyl (C=O) groups excluding carboxylic acids is 3. The van der Waals surface area contributed by atoms with Crippen molar-refractivity contribution in [2.24, 2.45) is 32.5 Å². The maximum absolute atomic E-state index is 11.5. The number of aliphatic hydroxyl groups is 3. The van der Waals surface area contributed by atoms with E-state index in [1.54, 1.807) is 0 Å². The minimum Gasteiger partial charge on any atom is -0.512 e. The molecular weight excluding hydrogens is 770 g/mol. The van der Waals surface area contributed by atoms with Crippen LogP contribution in [0.4, 0.5) is 0 Å². The molecule has 0 aromatic carbocycles. The van der Waals surface area contributed by atoms with E-state index in [-0.39, 0.29) is 122 Å². The summed E-state index contributed by atoms with van der Waals surface area (Å²) in [5.41, 5.74) is -2.29. The van der Waals surface area contributed by atoms with E-state index in [1.807, 2.05) is 125 Å². The number of aliphatic hydroxyl groups excluding tert-OH is 3. The first-order valence-electron chi connectivity index (χ1n) is 13.5. The van der Waals surface area contributed by atoms with Crippen LogP contribution in [0.25, 0.3) is 0 Å². The molecule has 3 N–H and O–H groups in total. The monoisotopic (exact) mass is 830 g/mol. The van der Waals surface area contributed by atoms with E-state index in [2.05, 4.69) is 0 Å². The quantitative estimate of drug-likeness (QED) is 0.193. The second-order valence-corrected chi connectivity index (χ2v) is 16.2. The fourth-order valence-electron chi connectivity index (χ4n) is 1.67. The second-order valence-electron chi connectivity index (χ2n) is 16.2. The third-order valence-electron chi connectivity index (χ3n) is 5.33. The van der Waals surface area contributed by atoms with Crippen LogP contribution in [0, 0.1) is 104 Å². The van der Waals surface area contributed by atoms with Gasteiger partial charge in [0.25, 0.3) is 0 Å². The molecule has 0 aliphatic heterocycles. The molecule has 0 aromatic rings. The van der Waals surface area contributed by atoms with Gasteiger partial charge in [-0.3, -0.25) is 14.4 Å². The van der Waals surface area contributed by atoms with Gasteiger partial charge in [-0.15, -0.1) is 0 Å². The van der Waals surface area contributed by atoms with Crippen molar-refractivity contribution in [3.8, 4) is 0 Å². The summed E-state index contributed by atoms with van der Waals surface area (Å²) in [6.45, 7) is 33.3. The first-order valence-corrected chi connectivity index (χ1v) is 13.5. The summed E-state index contributed by atoms with van der Waals surface area (Å²) in [6.07, 6.45) is 4.00. The zero-order chi connectivity index (χ0) is 32.6. The van der Waals surface area contributed by atoms with Gasteiger partial charge in [-0.25, -0.2) is 0 Å². The van der Waals surface area contributed by atoms with Crippen molar-refractivity contribution in [3.63, 3.8) is 0 Å². The van der Waals surface area contributed by atoms with Crippen LogP contribution in [0.1, 0.15) is 125 Å². The molecule has 0 unspecified atom stereocenters. The summed E-state index contributed by atoms with van der Waals surface area (Å²) in [7, 11) is 0. The summed E-state index contributed by atoms with van der Waals surface area (Å²) in [5, 5.41) is 28.7. The Morgan fingerprint density at radius 1 is 0.341 bits per heavy atom. The topological polar surface area (TPSA) is 112 Å². The predicted molar refractivity (Wildman–Crippen MR) is 164 cm³/mol. The summed E-state index contributed by atoms with van der Waals surface area (Å²) in [4.78, 5) is 34.5.